The highest BCUT2D eigenvalue weighted by atomic mass is 35.6. The summed E-state index contributed by atoms with van der Waals surface area (Å²) in [5.41, 5.74) is 0. The van der Waals surface area contributed by atoms with Crippen molar-refractivity contribution in [3.05, 3.63) is 0 Å². The van der Waals surface area contributed by atoms with Crippen LogP contribution in [0.4, 0.5) is 0 Å². The van der Waals surface area contributed by atoms with Gasteiger partial charge in [-0.05, 0) is 18.1 Å². The number of hydrogen-bond donors (Lipinski definition) is 1. The molecule has 10 nitrogen and oxygen atoms in total. The van der Waals surface area contributed by atoms with Gasteiger partial charge in [0, 0.05) is 20.8 Å². The molecule has 1 aliphatic rings. The Kier molecular flexibility index (Phi) is 10.7. The zero-order chi connectivity index (χ0) is 26.6. The molecule has 14 heteroatoms. The number of carbonyl (C=O) groups is 3. The van der Waals surface area contributed by atoms with Gasteiger partial charge in [0.05, 0.1) is 6.61 Å². The first-order chi connectivity index (χ1) is 15.3. The molecule has 1 aliphatic heterocycles. The van der Waals surface area contributed by atoms with Gasteiger partial charge in [0.1, 0.15) is 6.10 Å². The minimum Gasteiger partial charge on any atom is -0.456 e. The lowest BCUT2D eigenvalue weighted by Crippen LogP contribution is -2.63. The molecule has 34 heavy (non-hydrogen) atoms. The number of hydrogen-bond acceptors (Lipinski definition) is 10. The van der Waals surface area contributed by atoms with Crippen molar-refractivity contribution in [3.63, 3.8) is 0 Å². The zero-order valence-electron chi connectivity index (χ0n) is 20.4. The van der Waals surface area contributed by atoms with Gasteiger partial charge in [0.25, 0.3) is 3.79 Å². The molecule has 0 amide bonds. The third-order valence-electron chi connectivity index (χ3n) is 5.40. The van der Waals surface area contributed by atoms with Crippen molar-refractivity contribution in [1.29, 1.82) is 5.41 Å². The molecule has 1 saturated heterocycles. The predicted molar refractivity (Wildman–Crippen MR) is 128 cm³/mol. The fourth-order valence-electron chi connectivity index (χ4n) is 2.77. The van der Waals surface area contributed by atoms with Crippen molar-refractivity contribution in [2.24, 2.45) is 0 Å². The van der Waals surface area contributed by atoms with E-state index in [1.165, 1.54) is 6.92 Å². The first-order valence-corrected chi connectivity index (χ1v) is 14.4. The lowest BCUT2D eigenvalue weighted by molar-refractivity contribution is -0.290. The van der Waals surface area contributed by atoms with E-state index in [1.54, 1.807) is 0 Å². The summed E-state index contributed by atoms with van der Waals surface area (Å²) < 4.78 is 31.3. The number of nitrogens with one attached hydrogen (secondary N) is 1. The molecule has 0 bridgehead atoms. The van der Waals surface area contributed by atoms with Crippen LogP contribution in [0.1, 0.15) is 41.5 Å². The summed E-state index contributed by atoms with van der Waals surface area (Å²) >= 11 is 17.2. The van der Waals surface area contributed by atoms with Crippen molar-refractivity contribution in [3.8, 4) is 0 Å². The van der Waals surface area contributed by atoms with E-state index in [-0.39, 0.29) is 11.6 Å². The van der Waals surface area contributed by atoms with Gasteiger partial charge in [-0.3, -0.25) is 19.8 Å². The van der Waals surface area contributed by atoms with Gasteiger partial charge in [-0.15, -0.1) is 0 Å². The van der Waals surface area contributed by atoms with Gasteiger partial charge < -0.3 is 28.1 Å². The molecule has 1 rings (SSSR count). The summed E-state index contributed by atoms with van der Waals surface area (Å²) in [6.45, 7) is 13.5. The highest BCUT2D eigenvalue weighted by Gasteiger charge is 2.54. The van der Waals surface area contributed by atoms with Crippen LogP contribution in [0.2, 0.25) is 18.1 Å². The van der Waals surface area contributed by atoms with Crippen LogP contribution >= 0.6 is 34.8 Å². The molecular formula is C20H32Cl3NO9Si. The number of esters is 3. The van der Waals surface area contributed by atoms with Crippen LogP contribution in [-0.4, -0.2) is 73.2 Å². The van der Waals surface area contributed by atoms with Gasteiger partial charge in [0.15, 0.2) is 20.5 Å². The quantitative estimate of drug-likeness (QED) is 0.122. The fourth-order valence-corrected chi connectivity index (χ4v) is 3.92. The van der Waals surface area contributed by atoms with Crippen LogP contribution in [0.25, 0.3) is 0 Å². The third-order valence-corrected chi connectivity index (χ3v) is 10.4. The minimum absolute atomic E-state index is 0.0834. The standard InChI is InChI=1S/C20H32Cl3NO9Si/c1-10(25)29-14-13(9-28-34(7,8)19(4,5)6)32-17(33-18(24)20(21,22)23)16(31-12(3)27)15(14)30-11(2)26/h13-17,24H,9H2,1-8H3/t13-,14-,15+,16-,17-/m1/s1. The molecule has 0 aromatic rings. The van der Waals surface area contributed by atoms with E-state index in [0.29, 0.717) is 0 Å². The number of alkyl halides is 3. The third kappa shape index (κ3) is 8.83. The molecular weight excluding hydrogens is 533 g/mol. The van der Waals surface area contributed by atoms with E-state index in [9.17, 15) is 14.4 Å². The molecule has 1 fully saturated rings. The normalized spacial score (nSPS) is 25.8. The fraction of sp³-hybridized carbons (Fsp3) is 0.800. The van der Waals surface area contributed by atoms with Gasteiger partial charge in [-0.25, -0.2) is 0 Å². The van der Waals surface area contributed by atoms with Crippen LogP contribution < -0.4 is 0 Å². The van der Waals surface area contributed by atoms with E-state index in [4.69, 9.17) is 68.3 Å². The summed E-state index contributed by atoms with van der Waals surface area (Å²) in [5.74, 6) is -3.05. The molecule has 0 aliphatic carbocycles. The molecule has 196 valence electrons. The van der Waals surface area contributed by atoms with E-state index in [0.717, 1.165) is 13.8 Å². The maximum absolute atomic E-state index is 11.9. The van der Waals surface area contributed by atoms with E-state index < -0.39 is 66.6 Å². The number of halogens is 3. The maximum Gasteiger partial charge on any atom is 0.303 e. The number of ether oxygens (including phenoxy) is 5. The molecule has 5 atom stereocenters. The maximum atomic E-state index is 11.9. The molecule has 0 aromatic carbocycles. The Balaban J connectivity index is 3.45. The van der Waals surface area contributed by atoms with Crippen LogP contribution in [0, 0.1) is 5.41 Å². The smallest absolute Gasteiger partial charge is 0.303 e. The molecule has 1 heterocycles. The monoisotopic (exact) mass is 563 g/mol. The van der Waals surface area contributed by atoms with Crippen LogP contribution in [0.5, 0.6) is 0 Å². The van der Waals surface area contributed by atoms with Crippen molar-refractivity contribution in [2.45, 2.75) is 94.2 Å². The highest BCUT2D eigenvalue weighted by Crippen LogP contribution is 2.38. The van der Waals surface area contributed by atoms with Gasteiger partial charge >= 0.3 is 17.9 Å². The lowest BCUT2D eigenvalue weighted by Gasteiger charge is -2.45. The second-order valence-corrected chi connectivity index (χ2v) is 16.4. The van der Waals surface area contributed by atoms with Crippen molar-refractivity contribution in [1.82, 2.24) is 0 Å². The molecule has 0 unspecified atom stereocenters. The van der Waals surface area contributed by atoms with Crippen molar-refractivity contribution < 1.29 is 42.5 Å². The summed E-state index contributed by atoms with van der Waals surface area (Å²) in [4.78, 5) is 35.6. The molecule has 1 N–H and O–H groups in total. The average molecular weight is 565 g/mol. The van der Waals surface area contributed by atoms with Crippen LogP contribution in [-0.2, 0) is 42.5 Å². The predicted octanol–water partition coefficient (Wildman–Crippen LogP) is 3.89. The second kappa shape index (κ2) is 11.7. The number of rotatable bonds is 7. The Labute approximate surface area is 215 Å². The highest BCUT2D eigenvalue weighted by molar-refractivity contribution is 6.76. The number of carbonyl (C=O) groups excluding carboxylic acids is 3. The first kappa shape index (κ1) is 30.9. The Morgan fingerprint density at radius 2 is 1.29 bits per heavy atom. The Bertz CT molecular complexity index is 782. The minimum atomic E-state index is -2.30. The molecule has 0 aromatic heterocycles. The summed E-state index contributed by atoms with van der Waals surface area (Å²) in [7, 11) is -2.30. The molecule has 0 radical (unpaired) electrons. The zero-order valence-corrected chi connectivity index (χ0v) is 23.7. The molecule has 0 saturated carbocycles. The van der Waals surface area contributed by atoms with Crippen molar-refractivity contribution in [2.75, 3.05) is 6.61 Å². The Morgan fingerprint density at radius 1 is 0.853 bits per heavy atom. The average Bonchev–Trinajstić information content (AvgIpc) is 2.62. The van der Waals surface area contributed by atoms with Gasteiger partial charge in [-0.1, -0.05) is 55.6 Å². The summed E-state index contributed by atoms with van der Waals surface area (Å²) in [6.07, 6.45) is -6.63. The van der Waals surface area contributed by atoms with Crippen LogP contribution in [0.15, 0.2) is 0 Å². The van der Waals surface area contributed by atoms with Crippen molar-refractivity contribution >= 4 is 66.9 Å². The first-order valence-electron chi connectivity index (χ1n) is 10.4. The molecule has 0 spiro atoms. The summed E-state index contributed by atoms with van der Waals surface area (Å²) in [5, 5.41) is 7.76. The van der Waals surface area contributed by atoms with E-state index in [1.807, 2.05) is 33.9 Å². The Hall–Kier alpha value is -1.11. The van der Waals surface area contributed by atoms with Crippen LogP contribution in [0.3, 0.4) is 0 Å². The largest absolute Gasteiger partial charge is 0.456 e. The Morgan fingerprint density at radius 3 is 1.71 bits per heavy atom. The van der Waals surface area contributed by atoms with E-state index in [2.05, 4.69) is 0 Å². The summed E-state index contributed by atoms with van der Waals surface area (Å²) in [6, 6.07) is 0. The van der Waals surface area contributed by atoms with Gasteiger partial charge in [-0.2, -0.15) is 0 Å². The van der Waals surface area contributed by atoms with E-state index >= 15 is 0 Å². The van der Waals surface area contributed by atoms with Gasteiger partial charge in [0.2, 0.25) is 18.3 Å². The lowest BCUT2D eigenvalue weighted by atomic mass is 9.98. The topological polar surface area (TPSA) is 130 Å². The second-order valence-electron chi connectivity index (χ2n) is 9.28. The SMILES string of the molecule is CC(=O)O[C@@H]1[C@@H](OC(C)=O)[C@@H](OC(=N)C(Cl)(Cl)Cl)O[C@H](CO[Si](C)(C)C(C)(C)C)[C@H]1OC(C)=O.